The normalized spacial score (nSPS) is 12.0. The minimum Gasteiger partial charge on any atom is -0.339 e. The van der Waals surface area contributed by atoms with Gasteiger partial charge in [-0.1, -0.05) is 59.1 Å². The Bertz CT molecular complexity index is 950. The highest BCUT2D eigenvalue weighted by molar-refractivity contribution is 7.80. The molecule has 2 aromatic carbocycles. The smallest absolute Gasteiger partial charge is 0.282 e. The maximum absolute atomic E-state index is 12.6. The Morgan fingerprint density at radius 1 is 1.14 bits per heavy atom. The summed E-state index contributed by atoms with van der Waals surface area (Å²) in [6.45, 7) is 3.82. The quantitative estimate of drug-likeness (QED) is 0.192. The number of carbonyl (C=O) groups is 1. The topological polar surface area (TPSA) is 96.3 Å². The number of anilines is 1. The average Bonchev–Trinajstić information content (AvgIpc) is 2.63. The largest absolute Gasteiger partial charge is 0.339 e. The van der Waals surface area contributed by atoms with Crippen LogP contribution < -0.4 is 16.0 Å². The van der Waals surface area contributed by atoms with Crippen LogP contribution in [0.1, 0.15) is 21.5 Å². The number of aryl methyl sites for hydroxylation is 2. The van der Waals surface area contributed by atoms with Crippen molar-refractivity contribution in [2.75, 3.05) is 5.32 Å². The molecule has 0 bridgehead atoms. The lowest BCUT2D eigenvalue weighted by molar-refractivity contribution is -0.385. The Hall–Kier alpha value is -2.13. The molecule has 0 fully saturated rings. The van der Waals surface area contributed by atoms with E-state index in [4.69, 9.17) is 47.0 Å². The summed E-state index contributed by atoms with van der Waals surface area (Å²) < 4.78 is -1.99. The number of benzene rings is 2. The zero-order valence-electron chi connectivity index (χ0n) is 15.3. The van der Waals surface area contributed by atoms with Gasteiger partial charge in [0, 0.05) is 11.8 Å². The van der Waals surface area contributed by atoms with Crippen molar-refractivity contribution in [2.45, 2.75) is 23.8 Å². The average molecular weight is 476 g/mol. The van der Waals surface area contributed by atoms with E-state index in [0.29, 0.717) is 0 Å². The molecular weight excluding hydrogens is 459 g/mol. The van der Waals surface area contributed by atoms with E-state index >= 15 is 0 Å². The summed E-state index contributed by atoms with van der Waals surface area (Å²) in [5.74, 6) is -0.796. The van der Waals surface area contributed by atoms with Gasteiger partial charge in [-0.2, -0.15) is 0 Å². The second kappa shape index (κ2) is 9.58. The van der Waals surface area contributed by atoms with Gasteiger partial charge < -0.3 is 16.0 Å². The predicted octanol–water partition coefficient (Wildman–Crippen LogP) is 4.62. The van der Waals surface area contributed by atoms with Crippen molar-refractivity contribution in [3.05, 3.63) is 69.3 Å². The number of alkyl halides is 3. The molecule has 0 aliphatic heterocycles. The fraction of sp³-hybridized carbons (Fsp3) is 0.222. The van der Waals surface area contributed by atoms with E-state index in [1.54, 1.807) is 0 Å². The summed E-state index contributed by atoms with van der Waals surface area (Å²) in [6, 6.07) is 11.2. The molecule has 0 aliphatic carbocycles. The lowest BCUT2D eigenvalue weighted by Crippen LogP contribution is -2.56. The number of carbonyl (C=O) groups excluding carboxylic acids is 1. The summed E-state index contributed by atoms with van der Waals surface area (Å²) in [7, 11) is 0. The summed E-state index contributed by atoms with van der Waals surface area (Å²) in [4.78, 5) is 23.1. The van der Waals surface area contributed by atoms with Gasteiger partial charge in [-0.3, -0.25) is 14.9 Å². The Kier molecular flexibility index (Phi) is 7.65. The number of nitrogens with one attached hydrogen (secondary N) is 3. The molecule has 0 saturated heterocycles. The highest BCUT2D eigenvalue weighted by atomic mass is 35.6. The minimum absolute atomic E-state index is 0.0953. The third-order valence-corrected chi connectivity index (χ3v) is 4.74. The van der Waals surface area contributed by atoms with Crippen LogP contribution in [0.15, 0.2) is 42.5 Å². The first-order valence-electron chi connectivity index (χ1n) is 8.25. The van der Waals surface area contributed by atoms with E-state index in [1.165, 1.54) is 24.3 Å². The van der Waals surface area contributed by atoms with Crippen LogP contribution in [0, 0.1) is 24.0 Å². The second-order valence-electron chi connectivity index (χ2n) is 6.14. The van der Waals surface area contributed by atoms with Crippen molar-refractivity contribution in [3.8, 4) is 0 Å². The SMILES string of the molecule is Cc1ccc(C)c(NC(=S)NC(NC(=O)c2ccccc2[N+](=O)[O-])C(Cl)(Cl)Cl)c1. The van der Waals surface area contributed by atoms with Gasteiger partial charge in [0.25, 0.3) is 11.6 Å². The van der Waals surface area contributed by atoms with Crippen molar-refractivity contribution in [1.82, 2.24) is 10.6 Å². The highest BCUT2D eigenvalue weighted by Crippen LogP contribution is 2.30. The number of thiocarbonyl (C=S) groups is 1. The van der Waals surface area contributed by atoms with Crippen molar-refractivity contribution < 1.29 is 9.72 Å². The van der Waals surface area contributed by atoms with Gasteiger partial charge in [0.05, 0.1) is 4.92 Å². The second-order valence-corrected chi connectivity index (χ2v) is 8.92. The van der Waals surface area contributed by atoms with Gasteiger partial charge in [0.2, 0.25) is 3.79 Å². The van der Waals surface area contributed by atoms with Crippen LogP contribution in [0.25, 0.3) is 0 Å². The van der Waals surface area contributed by atoms with Crippen molar-refractivity contribution >= 4 is 69.4 Å². The molecule has 1 amide bonds. The molecule has 2 rings (SSSR count). The van der Waals surface area contributed by atoms with Gasteiger partial charge in [-0.15, -0.1) is 0 Å². The standard InChI is InChI=1S/C18H17Cl3N4O3S/c1-10-7-8-11(2)13(9-10)22-17(29)24-16(18(19,20)21)23-15(26)12-5-3-4-6-14(12)25(27)28/h3-9,16H,1-2H3,(H,23,26)(H2,22,24,29). The minimum atomic E-state index is -1.99. The number of amides is 1. The number of nitro groups is 1. The number of nitro benzene ring substituents is 1. The molecule has 11 heteroatoms. The van der Waals surface area contributed by atoms with Gasteiger partial charge in [0.15, 0.2) is 5.11 Å². The maximum atomic E-state index is 12.6. The van der Waals surface area contributed by atoms with Gasteiger partial charge >= 0.3 is 0 Å². The van der Waals surface area contributed by atoms with E-state index in [2.05, 4.69) is 16.0 Å². The molecule has 154 valence electrons. The van der Waals surface area contributed by atoms with Crippen LogP contribution in [0.4, 0.5) is 11.4 Å². The first kappa shape index (κ1) is 23.2. The first-order valence-corrected chi connectivity index (χ1v) is 9.79. The molecule has 0 radical (unpaired) electrons. The molecule has 1 atom stereocenters. The van der Waals surface area contributed by atoms with Gasteiger partial charge in [-0.25, -0.2) is 0 Å². The van der Waals surface area contributed by atoms with Gasteiger partial charge in [-0.05, 0) is 49.3 Å². The van der Waals surface area contributed by atoms with Crippen molar-refractivity contribution in [2.24, 2.45) is 0 Å². The molecule has 0 heterocycles. The van der Waals surface area contributed by atoms with E-state index in [-0.39, 0.29) is 16.4 Å². The molecule has 0 aromatic heterocycles. The predicted molar refractivity (Wildman–Crippen MR) is 120 cm³/mol. The molecule has 0 saturated carbocycles. The van der Waals surface area contributed by atoms with E-state index in [1.807, 2.05) is 32.0 Å². The zero-order valence-corrected chi connectivity index (χ0v) is 18.4. The Morgan fingerprint density at radius 2 is 1.79 bits per heavy atom. The van der Waals surface area contributed by atoms with Crippen LogP contribution in [0.3, 0.4) is 0 Å². The molecule has 1 unspecified atom stereocenters. The number of hydrogen-bond donors (Lipinski definition) is 3. The summed E-state index contributed by atoms with van der Waals surface area (Å²) in [6.07, 6.45) is -1.26. The van der Waals surface area contributed by atoms with E-state index in [9.17, 15) is 14.9 Å². The maximum Gasteiger partial charge on any atom is 0.282 e. The summed E-state index contributed by atoms with van der Waals surface area (Å²) >= 11 is 23.2. The zero-order chi connectivity index (χ0) is 21.8. The molecule has 7 nitrogen and oxygen atoms in total. The highest BCUT2D eigenvalue weighted by Gasteiger charge is 2.36. The fourth-order valence-electron chi connectivity index (χ4n) is 2.39. The van der Waals surface area contributed by atoms with E-state index in [0.717, 1.165) is 16.8 Å². The molecular formula is C18H17Cl3N4O3S. The third kappa shape index (κ3) is 6.43. The number of nitrogens with zero attached hydrogens (tertiary/aromatic N) is 1. The van der Waals surface area contributed by atoms with Crippen LogP contribution in [0.2, 0.25) is 0 Å². The fourth-order valence-corrected chi connectivity index (χ4v) is 2.95. The number of rotatable bonds is 5. The van der Waals surface area contributed by atoms with Crippen LogP contribution in [0.5, 0.6) is 0 Å². The number of para-hydroxylation sites is 1. The van der Waals surface area contributed by atoms with Crippen molar-refractivity contribution in [1.29, 1.82) is 0 Å². The monoisotopic (exact) mass is 474 g/mol. The van der Waals surface area contributed by atoms with E-state index < -0.39 is 20.8 Å². The summed E-state index contributed by atoms with van der Waals surface area (Å²) in [5.41, 5.74) is 2.16. The van der Waals surface area contributed by atoms with Crippen LogP contribution in [-0.4, -0.2) is 25.9 Å². The molecule has 3 N–H and O–H groups in total. The molecule has 0 spiro atoms. The lowest BCUT2D eigenvalue weighted by Gasteiger charge is -2.28. The number of halogens is 3. The Labute approximate surface area is 187 Å². The lowest BCUT2D eigenvalue weighted by atomic mass is 10.1. The third-order valence-electron chi connectivity index (χ3n) is 3.86. The molecule has 0 aliphatic rings. The van der Waals surface area contributed by atoms with Gasteiger partial charge in [0.1, 0.15) is 11.7 Å². The Morgan fingerprint density at radius 3 is 2.41 bits per heavy atom. The van der Waals surface area contributed by atoms with Crippen LogP contribution >= 0.6 is 47.0 Å². The van der Waals surface area contributed by atoms with Crippen LogP contribution in [-0.2, 0) is 0 Å². The summed E-state index contributed by atoms with van der Waals surface area (Å²) in [5, 5.41) is 19.4. The number of hydrogen-bond acceptors (Lipinski definition) is 4. The first-order chi connectivity index (χ1) is 13.5. The Balaban J connectivity index is 2.18. The molecule has 29 heavy (non-hydrogen) atoms. The van der Waals surface area contributed by atoms with Crippen molar-refractivity contribution in [3.63, 3.8) is 0 Å². The molecule has 2 aromatic rings.